The van der Waals surface area contributed by atoms with Crippen molar-refractivity contribution in [3.63, 3.8) is 0 Å². The van der Waals surface area contributed by atoms with Gasteiger partial charge in [0.15, 0.2) is 0 Å². The Labute approximate surface area is 433 Å². The first kappa shape index (κ1) is 60.7. The van der Waals surface area contributed by atoms with E-state index in [0.29, 0.717) is 30.3 Å². The van der Waals surface area contributed by atoms with Crippen LogP contribution in [0.5, 0.6) is 0 Å². The second kappa shape index (κ2) is 33.9. The number of fused-ring (bicyclic) bond motifs is 5. The van der Waals surface area contributed by atoms with Gasteiger partial charge in [-0.2, -0.15) is 0 Å². The van der Waals surface area contributed by atoms with Crippen molar-refractivity contribution in [3.05, 3.63) is 11.6 Å². The zero-order valence-corrected chi connectivity index (χ0v) is 47.6. The molecule has 0 spiro atoms. The minimum atomic E-state index is -0.841. The normalized spacial score (nSPS) is 26.4. The van der Waals surface area contributed by atoms with Gasteiger partial charge in [-0.15, -0.1) is 0 Å². The third-order valence-corrected chi connectivity index (χ3v) is 19.2. The van der Waals surface area contributed by atoms with Crippen LogP contribution in [0.3, 0.4) is 0 Å². The first-order valence-corrected chi connectivity index (χ1v) is 31.2. The van der Waals surface area contributed by atoms with E-state index in [1.807, 2.05) is 0 Å². The van der Waals surface area contributed by atoms with Crippen molar-refractivity contribution in [3.8, 4) is 0 Å². The van der Waals surface area contributed by atoms with Crippen molar-refractivity contribution in [2.24, 2.45) is 52.3 Å². The number of amides is 1. The Morgan fingerprint density at radius 2 is 1.19 bits per heavy atom. The van der Waals surface area contributed by atoms with Crippen molar-refractivity contribution in [1.29, 1.82) is 0 Å². The molecule has 1 N–H and O–H groups in total. The van der Waals surface area contributed by atoms with Crippen LogP contribution < -0.4 is 5.32 Å². The van der Waals surface area contributed by atoms with E-state index in [1.54, 1.807) is 0 Å². The van der Waals surface area contributed by atoms with Gasteiger partial charge in [0.05, 0.1) is 6.61 Å². The van der Waals surface area contributed by atoms with E-state index in [1.165, 1.54) is 185 Å². The summed E-state index contributed by atoms with van der Waals surface area (Å²) in [6, 6.07) is -0.841. The molecule has 6 nitrogen and oxygen atoms in total. The highest BCUT2D eigenvalue weighted by Gasteiger charge is 2.59. The fourth-order valence-electron chi connectivity index (χ4n) is 14.7. The highest BCUT2D eigenvalue weighted by molar-refractivity contribution is 5.85. The molecular weight excluding hydrogens is 863 g/mol. The van der Waals surface area contributed by atoms with Gasteiger partial charge < -0.3 is 14.8 Å². The van der Waals surface area contributed by atoms with E-state index in [2.05, 4.69) is 66.8 Å². The molecule has 1 amide bonds. The minimum absolute atomic E-state index is 0.105. The Morgan fingerprint density at radius 3 is 1.77 bits per heavy atom. The first-order chi connectivity index (χ1) is 33.9. The van der Waals surface area contributed by atoms with Crippen LogP contribution in [0.25, 0.3) is 0 Å². The summed E-state index contributed by atoms with van der Waals surface area (Å²) in [5.41, 5.74) is 2.15. The SMILES string of the molecule is CCCCCCCCCCCC(=O)N[C@@H](CCC(=O)OCC(CCCCCCCC)CCCCCCCCCC)C(=O)O[C@H]1CC[C@@]2(C)C(=CC[C@H]3[C@@H]4CC[C@H]([C@H](C)CCCC(C)C)[C@@]4(C)CC[C@@H]32)C1. The van der Waals surface area contributed by atoms with Gasteiger partial charge in [-0.3, -0.25) is 9.59 Å². The lowest BCUT2D eigenvalue weighted by Gasteiger charge is -2.58. The lowest BCUT2D eigenvalue weighted by Crippen LogP contribution is -2.51. The van der Waals surface area contributed by atoms with Crippen LogP contribution in [0.4, 0.5) is 0 Å². The van der Waals surface area contributed by atoms with Crippen LogP contribution in [0.15, 0.2) is 11.6 Å². The number of allylic oxidation sites excluding steroid dienone is 1. The molecule has 70 heavy (non-hydrogen) atoms. The van der Waals surface area contributed by atoms with Gasteiger partial charge in [0, 0.05) is 19.3 Å². The molecule has 1 unspecified atom stereocenters. The van der Waals surface area contributed by atoms with Gasteiger partial charge in [-0.05, 0) is 123 Å². The fraction of sp³-hybridized carbons (Fsp3) is 0.922. The van der Waals surface area contributed by atoms with Crippen LogP contribution >= 0.6 is 0 Å². The number of esters is 2. The lowest BCUT2D eigenvalue weighted by molar-refractivity contribution is -0.156. The molecule has 0 heterocycles. The summed E-state index contributed by atoms with van der Waals surface area (Å²) in [5, 5.41) is 3.07. The van der Waals surface area contributed by atoms with Crippen molar-refractivity contribution in [1.82, 2.24) is 5.32 Å². The van der Waals surface area contributed by atoms with E-state index in [0.717, 1.165) is 81.0 Å². The minimum Gasteiger partial charge on any atom is -0.465 e. The number of rotatable bonds is 39. The maximum atomic E-state index is 14.2. The summed E-state index contributed by atoms with van der Waals surface area (Å²) in [6.07, 6.45) is 47.5. The van der Waals surface area contributed by atoms with E-state index < -0.39 is 6.04 Å². The average molecular weight is 979 g/mol. The Bertz CT molecular complexity index is 1470. The van der Waals surface area contributed by atoms with Crippen LogP contribution in [-0.4, -0.2) is 36.6 Å². The predicted octanol–water partition coefficient (Wildman–Crippen LogP) is 18.6. The number of carbonyl (C=O) groups is 3. The van der Waals surface area contributed by atoms with Gasteiger partial charge in [0.1, 0.15) is 12.1 Å². The molecule has 0 aromatic heterocycles. The molecule has 406 valence electrons. The maximum Gasteiger partial charge on any atom is 0.328 e. The number of unbranched alkanes of at least 4 members (excludes halogenated alkanes) is 20. The van der Waals surface area contributed by atoms with Crippen molar-refractivity contribution in [2.45, 2.75) is 318 Å². The molecule has 4 aliphatic rings. The monoisotopic (exact) mass is 978 g/mol. The molecular formula is C64H115NO5. The smallest absolute Gasteiger partial charge is 0.328 e. The van der Waals surface area contributed by atoms with Crippen LogP contribution in [-0.2, 0) is 23.9 Å². The van der Waals surface area contributed by atoms with Gasteiger partial charge >= 0.3 is 11.9 Å². The van der Waals surface area contributed by atoms with Crippen molar-refractivity contribution in [2.75, 3.05) is 6.61 Å². The molecule has 4 aliphatic carbocycles. The predicted molar refractivity (Wildman–Crippen MR) is 296 cm³/mol. The van der Waals surface area contributed by atoms with E-state index in [9.17, 15) is 14.4 Å². The highest BCUT2D eigenvalue weighted by atomic mass is 16.5. The summed E-state index contributed by atoms with van der Waals surface area (Å²) in [4.78, 5) is 41.1. The lowest BCUT2D eigenvalue weighted by atomic mass is 9.47. The van der Waals surface area contributed by atoms with Gasteiger partial charge in [-0.25, -0.2) is 4.79 Å². The first-order valence-electron chi connectivity index (χ1n) is 31.2. The Hall–Kier alpha value is -1.85. The zero-order valence-electron chi connectivity index (χ0n) is 47.6. The third-order valence-electron chi connectivity index (χ3n) is 19.2. The maximum absolute atomic E-state index is 14.2. The average Bonchev–Trinajstić information content (AvgIpc) is 3.70. The highest BCUT2D eigenvalue weighted by Crippen LogP contribution is 2.67. The number of hydrogen-bond acceptors (Lipinski definition) is 5. The summed E-state index contributed by atoms with van der Waals surface area (Å²) >= 11 is 0. The third kappa shape index (κ3) is 20.5. The quantitative estimate of drug-likeness (QED) is 0.0377. The molecule has 10 atom stereocenters. The number of carbonyl (C=O) groups excluding carboxylic acids is 3. The standard InChI is InChI=1S/C64H115NO5/c1-9-12-15-18-21-23-25-28-31-37-60(66)65-59(42-43-61(67)69-49-52(35-29-26-20-17-14-11-3)36-30-27-24-22-19-16-13-10-2)62(68)70-54-44-46-63(7)53(48-54)38-39-55-57-41-40-56(51(6)34-32-33-50(4)5)64(57,8)47-45-58(55)63/h38,50-52,54-59H,9-37,39-49H2,1-8H3,(H,65,66)/t51-,52?,54+,55+,56-,57+,58+,59+,63+,64-/m1/s1. The summed E-state index contributed by atoms with van der Waals surface area (Å²) < 4.78 is 12.4. The number of ether oxygens (including phenoxy) is 2. The molecule has 0 bridgehead atoms. The molecule has 3 saturated carbocycles. The van der Waals surface area contributed by atoms with Gasteiger partial charge in [-0.1, -0.05) is 228 Å². The Kier molecular flexibility index (Phi) is 29.4. The molecule has 0 saturated heterocycles. The van der Waals surface area contributed by atoms with Crippen LogP contribution in [0, 0.1) is 52.3 Å². The van der Waals surface area contributed by atoms with Crippen molar-refractivity contribution < 1.29 is 23.9 Å². The molecule has 6 heteroatoms. The summed E-state index contributed by atoms with van der Waals surface area (Å²) in [7, 11) is 0. The summed E-state index contributed by atoms with van der Waals surface area (Å²) in [5.74, 6) is 4.41. The van der Waals surface area contributed by atoms with E-state index >= 15 is 0 Å². The van der Waals surface area contributed by atoms with Crippen LogP contribution in [0.2, 0.25) is 0 Å². The fourth-order valence-corrected chi connectivity index (χ4v) is 14.7. The number of nitrogens with one attached hydrogen (secondary N) is 1. The van der Waals surface area contributed by atoms with E-state index in [4.69, 9.17) is 9.47 Å². The number of hydrogen-bond donors (Lipinski definition) is 1. The largest absolute Gasteiger partial charge is 0.465 e. The molecule has 0 radical (unpaired) electrons. The topological polar surface area (TPSA) is 81.7 Å². The molecule has 0 aromatic carbocycles. The second-order valence-corrected chi connectivity index (χ2v) is 25.2. The molecule has 0 aromatic rings. The van der Waals surface area contributed by atoms with Crippen molar-refractivity contribution >= 4 is 17.8 Å². The Balaban J connectivity index is 1.33. The summed E-state index contributed by atoms with van der Waals surface area (Å²) in [6.45, 7) is 19.8. The molecule has 3 fully saturated rings. The Morgan fingerprint density at radius 1 is 0.614 bits per heavy atom. The molecule has 0 aliphatic heterocycles. The van der Waals surface area contributed by atoms with Crippen LogP contribution in [0.1, 0.15) is 306 Å². The van der Waals surface area contributed by atoms with Gasteiger partial charge in [0.2, 0.25) is 5.91 Å². The second-order valence-electron chi connectivity index (χ2n) is 25.2. The zero-order chi connectivity index (χ0) is 50.6. The molecule has 4 rings (SSSR count). The van der Waals surface area contributed by atoms with E-state index in [-0.39, 0.29) is 42.2 Å². The van der Waals surface area contributed by atoms with Gasteiger partial charge in [0.25, 0.3) is 0 Å².